The number of methoxy groups -OCH3 is 1. The molecule has 0 aliphatic carbocycles. The molecule has 10 heteroatoms. The number of anilines is 1. The minimum absolute atomic E-state index is 0.136. The van der Waals surface area contributed by atoms with E-state index in [1.54, 1.807) is 49.3 Å². The molecule has 190 valence electrons. The molecule has 6 atom stereocenters. The van der Waals surface area contributed by atoms with Crippen LogP contribution in [0.15, 0.2) is 36.9 Å². The van der Waals surface area contributed by atoms with Crippen LogP contribution in [0.3, 0.4) is 0 Å². The Morgan fingerprint density at radius 2 is 2.09 bits per heavy atom. The number of halogens is 1. The van der Waals surface area contributed by atoms with Crippen molar-refractivity contribution in [1.29, 1.82) is 0 Å². The Bertz CT molecular complexity index is 987. The number of likely N-dealkylation sites (tertiary alicyclic amines) is 1. The molecule has 1 spiro atoms. The van der Waals surface area contributed by atoms with Crippen molar-refractivity contribution < 1.29 is 33.7 Å². The smallest absolute Gasteiger partial charge is 0.312 e. The fourth-order valence-electron chi connectivity index (χ4n) is 5.76. The second-order valence-corrected chi connectivity index (χ2v) is 10.1. The molecule has 3 heterocycles. The van der Waals surface area contributed by atoms with Gasteiger partial charge in [0.05, 0.1) is 31.7 Å². The van der Waals surface area contributed by atoms with Gasteiger partial charge in [0.1, 0.15) is 17.4 Å². The van der Waals surface area contributed by atoms with Crippen LogP contribution in [0.5, 0.6) is 5.75 Å². The maximum Gasteiger partial charge on any atom is 0.312 e. The van der Waals surface area contributed by atoms with Gasteiger partial charge >= 0.3 is 5.97 Å². The summed E-state index contributed by atoms with van der Waals surface area (Å²) in [7, 11) is 1.56. The fourth-order valence-corrected chi connectivity index (χ4v) is 6.70. The number of rotatable bonds is 10. The van der Waals surface area contributed by atoms with Crippen molar-refractivity contribution in [3.63, 3.8) is 0 Å². The zero-order valence-electron chi connectivity index (χ0n) is 19.9. The molecule has 3 aliphatic heterocycles. The molecule has 1 aromatic rings. The van der Waals surface area contributed by atoms with Crippen LogP contribution in [0, 0.1) is 11.8 Å². The molecule has 9 nitrogen and oxygen atoms in total. The molecule has 2 amide bonds. The number of esters is 1. The second kappa shape index (κ2) is 10.3. The Hall–Kier alpha value is -2.43. The topological polar surface area (TPSA) is 106 Å². The first kappa shape index (κ1) is 25.7. The van der Waals surface area contributed by atoms with Crippen LogP contribution in [-0.4, -0.2) is 83.8 Å². The van der Waals surface area contributed by atoms with E-state index in [4.69, 9.17) is 14.2 Å². The summed E-state index contributed by atoms with van der Waals surface area (Å²) in [6.45, 7) is 5.95. The van der Waals surface area contributed by atoms with E-state index in [0.29, 0.717) is 24.3 Å². The molecule has 3 aliphatic rings. The maximum atomic E-state index is 14.2. The van der Waals surface area contributed by atoms with Gasteiger partial charge in [0, 0.05) is 30.2 Å². The number of aliphatic hydroxyl groups excluding tert-OH is 1. The third kappa shape index (κ3) is 4.15. The Balaban J connectivity index is 1.77. The molecule has 0 radical (unpaired) electrons. The number of ether oxygens (including phenoxy) is 3. The van der Waals surface area contributed by atoms with Gasteiger partial charge in [-0.3, -0.25) is 14.4 Å². The van der Waals surface area contributed by atoms with Gasteiger partial charge in [0.2, 0.25) is 5.91 Å². The van der Waals surface area contributed by atoms with E-state index in [2.05, 4.69) is 22.5 Å². The SMILES string of the molecule is C=CCN(C(=O)C1N(CCCO)C(=O)[C@@H]2[C@@H](C(=O)OCC)[C@@H]3OC12CC3Br)c1ccc(OC)cc1. The van der Waals surface area contributed by atoms with Gasteiger partial charge in [-0.2, -0.15) is 0 Å². The number of carbonyl (C=O) groups excluding carboxylic acids is 3. The quantitative estimate of drug-likeness (QED) is 0.269. The lowest BCUT2D eigenvalue weighted by Gasteiger charge is -2.37. The average Bonchev–Trinajstić information content (AvgIpc) is 3.44. The van der Waals surface area contributed by atoms with Crippen LogP contribution >= 0.6 is 15.9 Å². The number of hydrogen-bond acceptors (Lipinski definition) is 7. The number of fused-ring (bicyclic) bond motifs is 1. The van der Waals surface area contributed by atoms with E-state index >= 15 is 0 Å². The van der Waals surface area contributed by atoms with Crippen LogP contribution in [0.1, 0.15) is 19.8 Å². The number of amides is 2. The molecule has 1 N–H and O–H groups in total. The highest BCUT2D eigenvalue weighted by atomic mass is 79.9. The molecule has 3 saturated heterocycles. The molecule has 1 aromatic carbocycles. The second-order valence-electron chi connectivity index (χ2n) is 8.96. The summed E-state index contributed by atoms with van der Waals surface area (Å²) in [4.78, 5) is 43.7. The van der Waals surface area contributed by atoms with E-state index in [1.165, 1.54) is 4.90 Å². The average molecular weight is 551 g/mol. The van der Waals surface area contributed by atoms with Crippen LogP contribution in [-0.2, 0) is 23.9 Å². The molecule has 2 bridgehead atoms. The maximum absolute atomic E-state index is 14.2. The summed E-state index contributed by atoms with van der Waals surface area (Å²) < 4.78 is 17.0. The van der Waals surface area contributed by atoms with Gasteiger partial charge in [-0.15, -0.1) is 6.58 Å². The first-order chi connectivity index (χ1) is 16.8. The standard InChI is InChI=1S/C25H31BrN2O7/c1-4-11-27(15-7-9-16(33-3)10-8-15)23(31)21-25-14-17(26)20(35-25)18(24(32)34-5-2)19(25)22(30)28(21)12-6-13-29/h4,7-10,17-21,29H,1,5-6,11-14H2,2-3H3/t17?,18-,19+,20-,21?,25?/m1/s1. The van der Waals surface area contributed by atoms with E-state index in [1.807, 2.05) is 0 Å². The molecule has 4 rings (SSSR count). The summed E-state index contributed by atoms with van der Waals surface area (Å²) >= 11 is 3.63. The lowest BCUT2D eigenvalue weighted by atomic mass is 9.70. The largest absolute Gasteiger partial charge is 0.497 e. The van der Waals surface area contributed by atoms with Crippen LogP contribution < -0.4 is 9.64 Å². The highest BCUT2D eigenvalue weighted by Crippen LogP contribution is 2.60. The number of aliphatic hydroxyl groups is 1. The van der Waals surface area contributed by atoms with Crippen molar-refractivity contribution in [2.24, 2.45) is 11.8 Å². The zero-order valence-corrected chi connectivity index (χ0v) is 21.5. The van der Waals surface area contributed by atoms with Crippen molar-refractivity contribution >= 4 is 39.4 Å². The Labute approximate surface area is 213 Å². The van der Waals surface area contributed by atoms with Gasteiger partial charge in [-0.25, -0.2) is 0 Å². The number of carbonyl (C=O) groups is 3. The van der Waals surface area contributed by atoms with Gasteiger partial charge < -0.3 is 29.1 Å². The Morgan fingerprint density at radius 3 is 2.69 bits per heavy atom. The number of alkyl halides is 1. The predicted molar refractivity (Wildman–Crippen MR) is 131 cm³/mol. The van der Waals surface area contributed by atoms with Crippen molar-refractivity contribution in [3.05, 3.63) is 36.9 Å². The molecule has 0 aromatic heterocycles. The van der Waals surface area contributed by atoms with Crippen LogP contribution in [0.4, 0.5) is 5.69 Å². The normalized spacial score (nSPS) is 30.8. The number of hydrogen-bond donors (Lipinski definition) is 1. The van der Waals surface area contributed by atoms with Gasteiger partial charge in [-0.1, -0.05) is 22.0 Å². The van der Waals surface area contributed by atoms with Crippen molar-refractivity contribution in [2.45, 2.75) is 42.3 Å². The molecule has 3 unspecified atom stereocenters. The number of benzene rings is 1. The third-order valence-corrected chi connectivity index (χ3v) is 7.95. The Morgan fingerprint density at radius 1 is 1.37 bits per heavy atom. The van der Waals surface area contributed by atoms with Gasteiger partial charge in [0.25, 0.3) is 5.91 Å². The van der Waals surface area contributed by atoms with E-state index < -0.39 is 35.6 Å². The van der Waals surface area contributed by atoms with Crippen LogP contribution in [0.2, 0.25) is 0 Å². The monoisotopic (exact) mass is 550 g/mol. The van der Waals surface area contributed by atoms with Gasteiger partial charge in [0.15, 0.2) is 0 Å². The lowest BCUT2D eigenvalue weighted by Crippen LogP contribution is -2.57. The van der Waals surface area contributed by atoms with E-state index in [0.717, 1.165) is 0 Å². The molecular formula is C25H31BrN2O7. The molecule has 0 saturated carbocycles. The third-order valence-electron chi connectivity index (χ3n) is 7.10. The highest BCUT2D eigenvalue weighted by Gasteiger charge is 2.77. The summed E-state index contributed by atoms with van der Waals surface area (Å²) in [5, 5.41) is 9.47. The summed E-state index contributed by atoms with van der Waals surface area (Å²) in [5.41, 5.74) is -0.554. The minimum atomic E-state index is -1.17. The summed E-state index contributed by atoms with van der Waals surface area (Å²) in [6, 6.07) is 6.09. The molecular weight excluding hydrogens is 520 g/mol. The summed E-state index contributed by atoms with van der Waals surface area (Å²) in [5.74, 6) is -2.11. The fraction of sp³-hybridized carbons (Fsp3) is 0.560. The highest BCUT2D eigenvalue weighted by molar-refractivity contribution is 9.09. The zero-order chi connectivity index (χ0) is 25.3. The van der Waals surface area contributed by atoms with E-state index in [9.17, 15) is 19.5 Å². The number of nitrogens with zero attached hydrogens (tertiary/aromatic N) is 2. The predicted octanol–water partition coefficient (Wildman–Crippen LogP) is 1.91. The van der Waals surface area contributed by atoms with Crippen LogP contribution in [0.25, 0.3) is 0 Å². The molecule has 3 fully saturated rings. The Kier molecular flexibility index (Phi) is 7.54. The first-order valence-electron chi connectivity index (χ1n) is 11.8. The first-order valence-corrected chi connectivity index (χ1v) is 12.7. The van der Waals surface area contributed by atoms with Crippen molar-refractivity contribution in [3.8, 4) is 5.75 Å². The summed E-state index contributed by atoms with van der Waals surface area (Å²) in [6.07, 6.45) is 1.76. The van der Waals surface area contributed by atoms with E-state index in [-0.39, 0.29) is 42.9 Å². The molecule has 35 heavy (non-hydrogen) atoms. The minimum Gasteiger partial charge on any atom is -0.497 e. The van der Waals surface area contributed by atoms with Crippen molar-refractivity contribution in [2.75, 3.05) is 38.3 Å². The van der Waals surface area contributed by atoms with Crippen molar-refractivity contribution in [1.82, 2.24) is 4.90 Å². The van der Waals surface area contributed by atoms with Gasteiger partial charge in [-0.05, 0) is 44.0 Å². The lowest BCUT2D eigenvalue weighted by molar-refractivity contribution is -0.154.